The van der Waals surface area contributed by atoms with Gasteiger partial charge in [0.1, 0.15) is 0 Å². The van der Waals surface area contributed by atoms with E-state index in [4.69, 9.17) is 0 Å². The van der Waals surface area contributed by atoms with Crippen LogP contribution in [0.5, 0.6) is 0 Å². The number of benzene rings is 1. The van der Waals surface area contributed by atoms with Gasteiger partial charge in [-0.25, -0.2) is 0 Å². The Labute approximate surface area is 84.1 Å². The first-order valence-corrected chi connectivity index (χ1v) is 8.47. The molecule has 0 fully saturated rings. The van der Waals surface area contributed by atoms with Gasteiger partial charge in [0.25, 0.3) is 0 Å². The molecule has 66 valence electrons. The van der Waals surface area contributed by atoms with Gasteiger partial charge in [-0.1, -0.05) is 52.4 Å². The van der Waals surface area contributed by atoms with Crippen molar-refractivity contribution >= 4 is 29.2 Å². The van der Waals surface area contributed by atoms with Crippen LogP contribution in [0.25, 0.3) is 0 Å². The summed E-state index contributed by atoms with van der Waals surface area (Å²) in [5.74, 6) is 0. The van der Waals surface area contributed by atoms with Crippen LogP contribution in [-0.4, -0.2) is 8.07 Å². The van der Waals surface area contributed by atoms with Gasteiger partial charge in [0.15, 0.2) is 0 Å². The molecule has 0 heterocycles. The normalized spacial score (nSPS) is 11.8. The van der Waals surface area contributed by atoms with Crippen LogP contribution < -0.4 is 5.19 Å². The quantitative estimate of drug-likeness (QED) is 0.664. The fraction of sp³-hybridized carbons (Fsp3) is 0.400. The van der Waals surface area contributed by atoms with Crippen LogP contribution in [0.15, 0.2) is 22.7 Å². The van der Waals surface area contributed by atoms with Crippen molar-refractivity contribution in [2.75, 3.05) is 0 Å². The fourth-order valence-electron chi connectivity index (χ4n) is 1.47. The van der Waals surface area contributed by atoms with Gasteiger partial charge in [-0.15, -0.1) is 0 Å². The molecule has 0 saturated carbocycles. The number of rotatable bonds is 1. The topological polar surface area (TPSA) is 0 Å². The zero-order valence-electron chi connectivity index (χ0n) is 8.11. The molecule has 0 spiro atoms. The molecule has 0 N–H and O–H groups in total. The molecule has 1 aromatic carbocycles. The van der Waals surface area contributed by atoms with Crippen molar-refractivity contribution in [1.82, 2.24) is 0 Å². The lowest BCUT2D eigenvalue weighted by atomic mass is 10.2. The van der Waals surface area contributed by atoms with Crippen molar-refractivity contribution in [2.24, 2.45) is 0 Å². The van der Waals surface area contributed by atoms with E-state index in [2.05, 4.69) is 60.7 Å². The minimum absolute atomic E-state index is 1.12. The number of halogens is 1. The smallest absolute Gasteiger partial charge is 0.0656 e. The van der Waals surface area contributed by atoms with Crippen molar-refractivity contribution < 1.29 is 0 Å². The van der Waals surface area contributed by atoms with Gasteiger partial charge in [-0.3, -0.25) is 0 Å². The standard InChI is InChI=1S/C10H15BrSi/c1-8-7-9(11)5-6-10(8)12(2,3)4/h5-7H,1-4H3. The van der Waals surface area contributed by atoms with Gasteiger partial charge in [0.2, 0.25) is 0 Å². The van der Waals surface area contributed by atoms with Crippen molar-refractivity contribution in [3.8, 4) is 0 Å². The predicted molar refractivity (Wildman–Crippen MR) is 61.9 cm³/mol. The maximum atomic E-state index is 3.48. The summed E-state index contributed by atoms with van der Waals surface area (Å²) in [5.41, 5.74) is 1.42. The third-order valence-electron chi connectivity index (χ3n) is 2.00. The number of hydrogen-bond acceptors (Lipinski definition) is 0. The van der Waals surface area contributed by atoms with E-state index >= 15 is 0 Å². The molecule has 12 heavy (non-hydrogen) atoms. The maximum Gasteiger partial charge on any atom is 0.0779 e. The molecule has 2 heteroatoms. The molecule has 1 aromatic rings. The predicted octanol–water partition coefficient (Wildman–Crippen LogP) is 3.30. The molecule has 1 rings (SSSR count). The third kappa shape index (κ3) is 2.20. The number of hydrogen-bond donors (Lipinski definition) is 0. The van der Waals surface area contributed by atoms with Gasteiger partial charge in [0.05, 0.1) is 8.07 Å². The SMILES string of the molecule is Cc1cc(Br)ccc1[Si](C)(C)C. The average molecular weight is 243 g/mol. The summed E-state index contributed by atoms with van der Waals surface area (Å²) in [5, 5.41) is 1.56. The van der Waals surface area contributed by atoms with Gasteiger partial charge < -0.3 is 0 Å². The van der Waals surface area contributed by atoms with Gasteiger partial charge in [0, 0.05) is 4.47 Å². The molecule has 0 amide bonds. The monoisotopic (exact) mass is 242 g/mol. The minimum atomic E-state index is -1.12. The van der Waals surface area contributed by atoms with Crippen LogP contribution in [0.3, 0.4) is 0 Å². The van der Waals surface area contributed by atoms with Crippen molar-refractivity contribution in [1.29, 1.82) is 0 Å². The first-order valence-electron chi connectivity index (χ1n) is 4.18. The molecule has 0 radical (unpaired) electrons. The van der Waals surface area contributed by atoms with E-state index in [-0.39, 0.29) is 0 Å². The Balaban J connectivity index is 3.19. The lowest BCUT2D eigenvalue weighted by Gasteiger charge is -2.19. The Kier molecular flexibility index (Phi) is 2.79. The molecular formula is C10H15BrSi. The van der Waals surface area contributed by atoms with Gasteiger partial charge in [-0.05, 0) is 19.1 Å². The van der Waals surface area contributed by atoms with Crippen LogP contribution in [0.1, 0.15) is 5.56 Å². The summed E-state index contributed by atoms with van der Waals surface area (Å²) in [7, 11) is -1.12. The van der Waals surface area contributed by atoms with E-state index in [1.54, 1.807) is 5.19 Å². The van der Waals surface area contributed by atoms with E-state index in [0.29, 0.717) is 0 Å². The van der Waals surface area contributed by atoms with Crippen LogP contribution in [0, 0.1) is 6.92 Å². The Bertz CT molecular complexity index is 286. The molecule has 0 atom stereocenters. The largest absolute Gasteiger partial charge is 0.0779 e. The highest BCUT2D eigenvalue weighted by atomic mass is 79.9. The summed E-state index contributed by atoms with van der Waals surface area (Å²) in [6.07, 6.45) is 0. The van der Waals surface area contributed by atoms with Crippen LogP contribution in [-0.2, 0) is 0 Å². The zero-order chi connectivity index (χ0) is 9.35. The van der Waals surface area contributed by atoms with Crippen molar-refractivity contribution in [3.05, 3.63) is 28.2 Å². The van der Waals surface area contributed by atoms with Crippen LogP contribution >= 0.6 is 15.9 Å². The summed E-state index contributed by atoms with van der Waals surface area (Å²) >= 11 is 3.48. The van der Waals surface area contributed by atoms with E-state index in [0.717, 1.165) is 0 Å². The number of aryl methyl sites for hydroxylation is 1. The molecule has 0 unspecified atom stereocenters. The molecule has 0 aromatic heterocycles. The highest BCUT2D eigenvalue weighted by Gasteiger charge is 2.17. The van der Waals surface area contributed by atoms with Crippen LogP contribution in [0.4, 0.5) is 0 Å². The summed E-state index contributed by atoms with van der Waals surface area (Å²) < 4.78 is 1.18. The second kappa shape index (κ2) is 3.34. The first kappa shape index (κ1) is 10.0. The van der Waals surface area contributed by atoms with Crippen LogP contribution in [0.2, 0.25) is 19.6 Å². The van der Waals surface area contributed by atoms with Crippen molar-refractivity contribution in [2.45, 2.75) is 26.6 Å². The van der Waals surface area contributed by atoms with E-state index < -0.39 is 8.07 Å². The van der Waals surface area contributed by atoms with Gasteiger partial charge >= 0.3 is 0 Å². The Hall–Kier alpha value is -0.0831. The molecule has 0 bridgehead atoms. The Morgan fingerprint density at radius 3 is 2.17 bits per heavy atom. The molecule has 0 saturated heterocycles. The van der Waals surface area contributed by atoms with Crippen molar-refractivity contribution in [3.63, 3.8) is 0 Å². The first-order chi connectivity index (χ1) is 5.41. The fourth-order valence-corrected chi connectivity index (χ4v) is 3.78. The highest BCUT2D eigenvalue weighted by Crippen LogP contribution is 2.13. The molecule has 0 nitrogen and oxygen atoms in total. The van der Waals surface area contributed by atoms with E-state index in [1.165, 1.54) is 10.0 Å². The summed E-state index contributed by atoms with van der Waals surface area (Å²) in [4.78, 5) is 0. The maximum absolute atomic E-state index is 3.48. The Morgan fingerprint density at radius 2 is 1.75 bits per heavy atom. The molecule has 0 aliphatic heterocycles. The zero-order valence-corrected chi connectivity index (χ0v) is 10.7. The van der Waals surface area contributed by atoms with E-state index in [9.17, 15) is 0 Å². The second-order valence-electron chi connectivity index (χ2n) is 4.21. The average Bonchev–Trinajstić information content (AvgIpc) is 1.83. The second-order valence-corrected chi connectivity index (χ2v) is 10.2. The highest BCUT2D eigenvalue weighted by molar-refractivity contribution is 9.10. The minimum Gasteiger partial charge on any atom is -0.0656 e. The Morgan fingerprint density at radius 1 is 1.17 bits per heavy atom. The molecule has 0 aliphatic carbocycles. The lowest BCUT2D eigenvalue weighted by Crippen LogP contribution is -2.39. The molecular weight excluding hydrogens is 228 g/mol. The van der Waals surface area contributed by atoms with E-state index in [1.807, 2.05) is 0 Å². The lowest BCUT2D eigenvalue weighted by molar-refractivity contribution is 1.47. The summed E-state index contributed by atoms with van der Waals surface area (Å²) in [6, 6.07) is 6.60. The van der Waals surface area contributed by atoms with Gasteiger partial charge in [-0.2, -0.15) is 0 Å². The summed E-state index contributed by atoms with van der Waals surface area (Å²) in [6.45, 7) is 9.33. The third-order valence-corrected chi connectivity index (χ3v) is 4.67. The molecule has 0 aliphatic rings.